The van der Waals surface area contributed by atoms with E-state index in [0.717, 1.165) is 23.9 Å². The van der Waals surface area contributed by atoms with Crippen LogP contribution in [0.5, 0.6) is 0 Å². The van der Waals surface area contributed by atoms with Crippen molar-refractivity contribution in [2.75, 3.05) is 11.1 Å². The molecular formula is C18H16BrF3N4O2S. The molecule has 6 nitrogen and oxygen atoms in total. The molecule has 0 atom stereocenters. The molecule has 1 aromatic carbocycles. The van der Waals surface area contributed by atoms with Gasteiger partial charge in [-0.2, -0.15) is 13.2 Å². The number of nitrogens with one attached hydrogen (secondary N) is 1. The van der Waals surface area contributed by atoms with Crippen LogP contribution in [0.2, 0.25) is 0 Å². The van der Waals surface area contributed by atoms with Gasteiger partial charge < -0.3 is 9.73 Å². The van der Waals surface area contributed by atoms with Gasteiger partial charge in [0.2, 0.25) is 11.7 Å². The smallest absolute Gasteiger partial charge is 0.416 e. The average molecular weight is 489 g/mol. The third kappa shape index (κ3) is 5.21. The molecule has 0 aliphatic heterocycles. The number of anilines is 1. The molecule has 0 saturated carbocycles. The molecule has 3 aromatic rings. The Morgan fingerprint density at radius 1 is 1.28 bits per heavy atom. The number of nitrogens with zero attached hydrogens (tertiary/aromatic N) is 3. The van der Waals surface area contributed by atoms with Crippen molar-refractivity contribution in [1.82, 2.24) is 14.8 Å². The van der Waals surface area contributed by atoms with Gasteiger partial charge in [-0.25, -0.2) is 0 Å². The molecule has 0 aliphatic rings. The second-order valence-corrected chi connectivity index (χ2v) is 8.01. The first-order chi connectivity index (χ1) is 13.6. The lowest BCUT2D eigenvalue weighted by Crippen LogP contribution is -2.15. The van der Waals surface area contributed by atoms with Crippen molar-refractivity contribution < 1.29 is 22.4 Å². The number of hydrogen-bond donors (Lipinski definition) is 1. The van der Waals surface area contributed by atoms with Gasteiger partial charge in [-0.15, -0.1) is 10.2 Å². The zero-order valence-electron chi connectivity index (χ0n) is 15.3. The summed E-state index contributed by atoms with van der Waals surface area (Å²) in [7, 11) is 0. The monoisotopic (exact) mass is 488 g/mol. The minimum atomic E-state index is -4.47. The van der Waals surface area contributed by atoms with E-state index >= 15 is 0 Å². The van der Waals surface area contributed by atoms with Crippen LogP contribution < -0.4 is 5.32 Å². The zero-order chi connectivity index (χ0) is 21.2. The number of amides is 1. The fourth-order valence-corrected chi connectivity index (χ4v) is 3.72. The third-order valence-corrected chi connectivity index (χ3v) is 5.15. The summed E-state index contributed by atoms with van der Waals surface area (Å²) in [6.07, 6.45) is -4.47. The highest BCUT2D eigenvalue weighted by atomic mass is 79.9. The average Bonchev–Trinajstić information content (AvgIpc) is 3.25. The van der Waals surface area contributed by atoms with Crippen molar-refractivity contribution in [2.45, 2.75) is 31.2 Å². The summed E-state index contributed by atoms with van der Waals surface area (Å²) >= 11 is 4.38. The number of carbonyl (C=O) groups excluding carboxylic acids is 1. The van der Waals surface area contributed by atoms with E-state index < -0.39 is 17.6 Å². The van der Waals surface area contributed by atoms with Crippen LogP contribution in [0.4, 0.5) is 18.9 Å². The first-order valence-electron chi connectivity index (χ1n) is 8.45. The summed E-state index contributed by atoms with van der Waals surface area (Å²) in [5, 5.41) is 11.2. The highest BCUT2D eigenvalue weighted by Gasteiger charge is 2.30. The molecule has 0 saturated heterocycles. The van der Waals surface area contributed by atoms with E-state index in [1.807, 2.05) is 18.4 Å². The van der Waals surface area contributed by atoms with Crippen molar-refractivity contribution in [3.8, 4) is 11.6 Å². The molecule has 2 aromatic heterocycles. The van der Waals surface area contributed by atoms with Crippen molar-refractivity contribution in [2.24, 2.45) is 0 Å². The van der Waals surface area contributed by atoms with Crippen LogP contribution in [-0.2, 0) is 11.0 Å². The molecule has 11 heteroatoms. The Kier molecular flexibility index (Phi) is 6.37. The van der Waals surface area contributed by atoms with E-state index in [1.165, 1.54) is 12.1 Å². The molecule has 29 heavy (non-hydrogen) atoms. The van der Waals surface area contributed by atoms with Crippen LogP contribution in [0.1, 0.15) is 25.5 Å². The second kappa shape index (κ2) is 8.62. The van der Waals surface area contributed by atoms with Gasteiger partial charge in [0.1, 0.15) is 0 Å². The number of alkyl halides is 3. The van der Waals surface area contributed by atoms with Gasteiger partial charge >= 0.3 is 6.18 Å². The molecule has 0 aliphatic carbocycles. The standard InChI is InChI=1S/C18H16BrF3N4O2S/c1-10(2)26-16(13-6-7-14(19)28-13)24-25-17(26)29-9-15(27)23-12-5-3-4-11(8-12)18(20,21)22/h3-8,10H,9H2,1-2H3,(H,23,27). The van der Waals surface area contributed by atoms with E-state index in [0.29, 0.717) is 21.4 Å². The summed E-state index contributed by atoms with van der Waals surface area (Å²) < 4.78 is 46.3. The van der Waals surface area contributed by atoms with Gasteiger partial charge in [0.25, 0.3) is 0 Å². The largest absolute Gasteiger partial charge is 0.446 e. The van der Waals surface area contributed by atoms with Crippen LogP contribution in [0, 0.1) is 0 Å². The fraction of sp³-hybridized carbons (Fsp3) is 0.278. The van der Waals surface area contributed by atoms with Crippen LogP contribution in [0.25, 0.3) is 11.6 Å². The lowest BCUT2D eigenvalue weighted by Gasteiger charge is -2.13. The van der Waals surface area contributed by atoms with Crippen LogP contribution in [-0.4, -0.2) is 26.4 Å². The lowest BCUT2D eigenvalue weighted by molar-refractivity contribution is -0.137. The molecule has 0 unspecified atom stereocenters. The molecule has 0 fully saturated rings. The second-order valence-electron chi connectivity index (χ2n) is 6.29. The Morgan fingerprint density at radius 3 is 2.66 bits per heavy atom. The molecule has 1 amide bonds. The quantitative estimate of drug-likeness (QED) is 0.455. The Bertz CT molecular complexity index is 1020. The van der Waals surface area contributed by atoms with Gasteiger partial charge in [-0.05, 0) is 60.1 Å². The number of halogens is 4. The maximum Gasteiger partial charge on any atom is 0.416 e. The third-order valence-electron chi connectivity index (χ3n) is 3.78. The molecule has 0 spiro atoms. The number of aromatic nitrogens is 3. The summed E-state index contributed by atoms with van der Waals surface area (Å²) in [6, 6.07) is 7.98. The first kappa shape index (κ1) is 21.4. The SMILES string of the molecule is CC(C)n1c(SCC(=O)Nc2cccc(C(F)(F)F)c2)nnc1-c1ccc(Br)o1. The van der Waals surface area contributed by atoms with Gasteiger partial charge in [0.05, 0.1) is 11.3 Å². The summed E-state index contributed by atoms with van der Waals surface area (Å²) in [5.41, 5.74) is -0.742. The van der Waals surface area contributed by atoms with Crippen LogP contribution >= 0.6 is 27.7 Å². The summed E-state index contributed by atoms with van der Waals surface area (Å²) in [6.45, 7) is 3.88. The lowest BCUT2D eigenvalue weighted by atomic mass is 10.2. The number of hydrogen-bond acceptors (Lipinski definition) is 5. The van der Waals surface area contributed by atoms with E-state index in [4.69, 9.17) is 4.42 Å². The maximum absolute atomic E-state index is 12.8. The van der Waals surface area contributed by atoms with Crippen LogP contribution in [0.3, 0.4) is 0 Å². The predicted octanol–water partition coefficient (Wildman–Crippen LogP) is 5.63. The Labute approximate surface area is 177 Å². The van der Waals surface area contributed by atoms with E-state index in [9.17, 15) is 18.0 Å². The molecule has 1 N–H and O–H groups in total. The van der Waals surface area contributed by atoms with Crippen molar-refractivity contribution >= 4 is 39.3 Å². The fourth-order valence-electron chi connectivity index (χ4n) is 2.54. The Hall–Kier alpha value is -2.27. The van der Waals surface area contributed by atoms with E-state index in [-0.39, 0.29) is 17.5 Å². The van der Waals surface area contributed by atoms with Gasteiger partial charge in [-0.1, -0.05) is 17.8 Å². The highest BCUT2D eigenvalue weighted by molar-refractivity contribution is 9.10. The summed E-state index contributed by atoms with van der Waals surface area (Å²) in [5.74, 6) is 0.558. The Balaban J connectivity index is 1.70. The van der Waals surface area contributed by atoms with Gasteiger partial charge in [0, 0.05) is 11.7 Å². The molecule has 0 radical (unpaired) electrons. The normalized spacial score (nSPS) is 11.8. The summed E-state index contributed by atoms with van der Waals surface area (Å²) in [4.78, 5) is 12.2. The molecule has 154 valence electrons. The number of thioether (sulfide) groups is 1. The molecular weight excluding hydrogens is 473 g/mol. The van der Waals surface area contributed by atoms with E-state index in [1.54, 1.807) is 12.1 Å². The van der Waals surface area contributed by atoms with Gasteiger partial charge in [-0.3, -0.25) is 9.36 Å². The number of carbonyl (C=O) groups is 1. The minimum Gasteiger partial charge on any atom is -0.446 e. The topological polar surface area (TPSA) is 73.0 Å². The van der Waals surface area contributed by atoms with Crippen molar-refractivity contribution in [3.63, 3.8) is 0 Å². The number of rotatable bonds is 6. The molecule has 2 heterocycles. The van der Waals surface area contributed by atoms with Crippen molar-refractivity contribution in [3.05, 3.63) is 46.6 Å². The zero-order valence-corrected chi connectivity index (χ0v) is 17.7. The number of benzene rings is 1. The first-order valence-corrected chi connectivity index (χ1v) is 10.2. The Morgan fingerprint density at radius 2 is 2.03 bits per heavy atom. The molecule has 3 rings (SSSR count). The van der Waals surface area contributed by atoms with Crippen LogP contribution in [0.15, 0.2) is 50.6 Å². The predicted molar refractivity (Wildman–Crippen MR) is 107 cm³/mol. The van der Waals surface area contributed by atoms with Crippen molar-refractivity contribution in [1.29, 1.82) is 0 Å². The highest BCUT2D eigenvalue weighted by Crippen LogP contribution is 2.32. The number of furan rings is 1. The van der Waals surface area contributed by atoms with E-state index in [2.05, 4.69) is 31.4 Å². The molecule has 0 bridgehead atoms. The minimum absolute atomic E-state index is 0.00194. The van der Waals surface area contributed by atoms with Gasteiger partial charge in [0.15, 0.2) is 15.6 Å². The maximum atomic E-state index is 12.8.